The quantitative estimate of drug-likeness (QED) is 0.761. The number of aryl methyl sites for hydroxylation is 2. The lowest BCUT2D eigenvalue weighted by molar-refractivity contribution is 0.0191. The van der Waals surface area contributed by atoms with E-state index in [4.69, 9.17) is 15.2 Å². The van der Waals surface area contributed by atoms with Gasteiger partial charge >= 0.3 is 5.97 Å². The van der Waals surface area contributed by atoms with Crippen LogP contribution in [-0.4, -0.2) is 60.1 Å². The van der Waals surface area contributed by atoms with Crippen molar-refractivity contribution < 1.29 is 14.3 Å². The lowest BCUT2D eigenvalue weighted by Gasteiger charge is -2.26. The molecule has 1 fully saturated rings. The second kappa shape index (κ2) is 6.03. The van der Waals surface area contributed by atoms with Crippen LogP contribution in [0, 0.1) is 6.92 Å². The van der Waals surface area contributed by atoms with Crippen molar-refractivity contribution in [3.63, 3.8) is 0 Å². The molecule has 0 aromatic carbocycles. The number of morpholine rings is 1. The highest BCUT2D eigenvalue weighted by Crippen LogP contribution is 2.16. The minimum atomic E-state index is -0.422. The second-order valence-corrected chi connectivity index (χ2v) is 4.56. The molecular weight excluding hydrogens is 248 g/mol. The van der Waals surface area contributed by atoms with Crippen LogP contribution >= 0.6 is 0 Å². The molecule has 2 rings (SSSR count). The topological polar surface area (TPSA) is 82.6 Å². The lowest BCUT2D eigenvalue weighted by Crippen LogP contribution is -2.38. The first-order valence-electron chi connectivity index (χ1n) is 6.36. The number of hydrogen-bond donors (Lipinski definition) is 1. The zero-order chi connectivity index (χ0) is 13.8. The molecule has 2 N–H and O–H groups in total. The van der Waals surface area contributed by atoms with Crippen molar-refractivity contribution in [1.82, 2.24) is 14.7 Å². The van der Waals surface area contributed by atoms with Gasteiger partial charge in [-0.2, -0.15) is 5.10 Å². The first-order valence-corrected chi connectivity index (χ1v) is 6.36. The van der Waals surface area contributed by atoms with Gasteiger partial charge in [-0.25, -0.2) is 4.79 Å². The standard InChI is InChI=1S/C12H20N4O3/c1-9-10(13)11(15(2)14-9)12(17)19-8-5-16-3-6-18-7-4-16/h3-8,13H2,1-2H3. The summed E-state index contributed by atoms with van der Waals surface area (Å²) in [6.07, 6.45) is 0. The highest BCUT2D eigenvalue weighted by molar-refractivity contribution is 5.93. The molecule has 0 atom stereocenters. The van der Waals surface area contributed by atoms with Crippen LogP contribution < -0.4 is 5.73 Å². The Bertz CT molecular complexity index is 452. The largest absolute Gasteiger partial charge is 0.460 e. The molecule has 0 saturated carbocycles. The number of carbonyl (C=O) groups excluding carboxylic acids is 1. The molecule has 1 aromatic rings. The Kier molecular flexibility index (Phi) is 4.39. The van der Waals surface area contributed by atoms with E-state index < -0.39 is 5.97 Å². The van der Waals surface area contributed by atoms with Gasteiger partial charge in [0.25, 0.3) is 0 Å². The van der Waals surface area contributed by atoms with Crippen LogP contribution in [-0.2, 0) is 16.5 Å². The van der Waals surface area contributed by atoms with Gasteiger partial charge < -0.3 is 15.2 Å². The summed E-state index contributed by atoms with van der Waals surface area (Å²) in [5, 5.41) is 4.09. The predicted octanol–water partition coefficient (Wildman–Crippen LogP) is -0.200. The monoisotopic (exact) mass is 268 g/mol. The van der Waals surface area contributed by atoms with Crippen molar-refractivity contribution in [2.75, 3.05) is 45.2 Å². The summed E-state index contributed by atoms with van der Waals surface area (Å²) in [6, 6.07) is 0. The van der Waals surface area contributed by atoms with Gasteiger partial charge in [-0.15, -0.1) is 0 Å². The number of nitrogen functional groups attached to an aromatic ring is 1. The molecule has 0 unspecified atom stereocenters. The molecule has 1 aliphatic rings. The fraction of sp³-hybridized carbons (Fsp3) is 0.667. The number of anilines is 1. The van der Waals surface area contributed by atoms with Crippen LogP contribution in [0.4, 0.5) is 5.69 Å². The van der Waals surface area contributed by atoms with Gasteiger partial charge in [0.1, 0.15) is 6.61 Å². The molecule has 0 spiro atoms. The van der Waals surface area contributed by atoms with Crippen LogP contribution in [0.1, 0.15) is 16.2 Å². The number of ether oxygens (including phenoxy) is 2. The van der Waals surface area contributed by atoms with Gasteiger partial charge in [0.05, 0.1) is 24.6 Å². The number of hydrogen-bond acceptors (Lipinski definition) is 6. The fourth-order valence-electron chi connectivity index (χ4n) is 2.08. The van der Waals surface area contributed by atoms with Crippen molar-refractivity contribution in [3.8, 4) is 0 Å². The highest BCUT2D eigenvalue weighted by atomic mass is 16.5. The van der Waals surface area contributed by atoms with E-state index in [2.05, 4.69) is 10.00 Å². The van der Waals surface area contributed by atoms with Crippen LogP contribution in [0.3, 0.4) is 0 Å². The summed E-state index contributed by atoms with van der Waals surface area (Å²) in [6.45, 7) is 6.06. The Balaban J connectivity index is 1.84. The first kappa shape index (κ1) is 13.8. The van der Waals surface area contributed by atoms with E-state index in [1.54, 1.807) is 14.0 Å². The number of aromatic nitrogens is 2. The summed E-state index contributed by atoms with van der Waals surface area (Å²) in [5.74, 6) is -0.422. The van der Waals surface area contributed by atoms with Crippen molar-refractivity contribution >= 4 is 11.7 Å². The van der Waals surface area contributed by atoms with E-state index in [1.165, 1.54) is 4.68 Å². The molecule has 0 radical (unpaired) electrons. The molecule has 7 heteroatoms. The maximum absolute atomic E-state index is 11.9. The Morgan fingerprint density at radius 3 is 2.74 bits per heavy atom. The molecule has 7 nitrogen and oxygen atoms in total. The van der Waals surface area contributed by atoms with E-state index in [9.17, 15) is 4.79 Å². The molecule has 19 heavy (non-hydrogen) atoms. The summed E-state index contributed by atoms with van der Waals surface area (Å²) < 4.78 is 12.0. The van der Waals surface area contributed by atoms with E-state index >= 15 is 0 Å². The summed E-state index contributed by atoms with van der Waals surface area (Å²) in [5.41, 5.74) is 7.16. The average Bonchev–Trinajstić information content (AvgIpc) is 2.64. The lowest BCUT2D eigenvalue weighted by atomic mass is 10.3. The number of esters is 1. The third kappa shape index (κ3) is 3.24. The van der Waals surface area contributed by atoms with E-state index in [0.717, 1.165) is 26.3 Å². The van der Waals surface area contributed by atoms with E-state index in [0.29, 0.717) is 30.2 Å². The smallest absolute Gasteiger partial charge is 0.358 e. The highest BCUT2D eigenvalue weighted by Gasteiger charge is 2.19. The van der Waals surface area contributed by atoms with Gasteiger partial charge in [0, 0.05) is 26.7 Å². The van der Waals surface area contributed by atoms with Crippen molar-refractivity contribution in [3.05, 3.63) is 11.4 Å². The third-order valence-corrected chi connectivity index (χ3v) is 3.21. The van der Waals surface area contributed by atoms with Crippen molar-refractivity contribution in [2.45, 2.75) is 6.92 Å². The normalized spacial score (nSPS) is 16.5. The molecule has 106 valence electrons. The van der Waals surface area contributed by atoms with Crippen LogP contribution in [0.5, 0.6) is 0 Å². The van der Waals surface area contributed by atoms with E-state index in [-0.39, 0.29) is 0 Å². The molecule has 1 aromatic heterocycles. The van der Waals surface area contributed by atoms with Crippen molar-refractivity contribution in [1.29, 1.82) is 0 Å². The molecule has 0 aliphatic carbocycles. The molecule has 2 heterocycles. The summed E-state index contributed by atoms with van der Waals surface area (Å²) in [7, 11) is 1.68. The Labute approximate surface area is 112 Å². The second-order valence-electron chi connectivity index (χ2n) is 4.56. The summed E-state index contributed by atoms with van der Waals surface area (Å²) >= 11 is 0. The first-order chi connectivity index (χ1) is 9.09. The molecule has 0 bridgehead atoms. The Morgan fingerprint density at radius 1 is 1.47 bits per heavy atom. The minimum absolute atomic E-state index is 0.319. The maximum atomic E-state index is 11.9. The fourth-order valence-corrected chi connectivity index (χ4v) is 2.08. The van der Waals surface area contributed by atoms with Crippen LogP contribution in [0.25, 0.3) is 0 Å². The number of carbonyl (C=O) groups is 1. The number of rotatable bonds is 4. The van der Waals surface area contributed by atoms with Gasteiger partial charge in [-0.3, -0.25) is 9.58 Å². The Morgan fingerprint density at radius 2 is 2.16 bits per heavy atom. The zero-order valence-corrected chi connectivity index (χ0v) is 11.4. The Hall–Kier alpha value is -1.60. The zero-order valence-electron chi connectivity index (χ0n) is 11.4. The van der Waals surface area contributed by atoms with Crippen LogP contribution in [0.15, 0.2) is 0 Å². The van der Waals surface area contributed by atoms with E-state index in [1.807, 2.05) is 0 Å². The van der Waals surface area contributed by atoms with Gasteiger partial charge in [0.2, 0.25) is 0 Å². The molecular formula is C12H20N4O3. The minimum Gasteiger partial charge on any atom is -0.460 e. The van der Waals surface area contributed by atoms with Crippen LogP contribution in [0.2, 0.25) is 0 Å². The molecule has 1 aliphatic heterocycles. The summed E-state index contributed by atoms with van der Waals surface area (Å²) in [4.78, 5) is 14.1. The average molecular weight is 268 g/mol. The molecule has 0 amide bonds. The van der Waals surface area contributed by atoms with Gasteiger partial charge in [-0.05, 0) is 6.92 Å². The number of nitrogens with zero attached hydrogens (tertiary/aromatic N) is 3. The third-order valence-electron chi connectivity index (χ3n) is 3.21. The predicted molar refractivity (Wildman–Crippen MR) is 69.9 cm³/mol. The van der Waals surface area contributed by atoms with Gasteiger partial charge in [-0.1, -0.05) is 0 Å². The van der Waals surface area contributed by atoms with Crippen molar-refractivity contribution in [2.24, 2.45) is 7.05 Å². The SMILES string of the molecule is Cc1nn(C)c(C(=O)OCCN2CCOCC2)c1N. The van der Waals surface area contributed by atoms with Gasteiger partial charge in [0.15, 0.2) is 5.69 Å². The number of nitrogens with two attached hydrogens (primary N) is 1. The molecule has 1 saturated heterocycles. The maximum Gasteiger partial charge on any atom is 0.358 e.